The molecule has 1 rings (SSSR count). The fourth-order valence-corrected chi connectivity index (χ4v) is 4.83. The van der Waals surface area contributed by atoms with Crippen LogP contribution in [-0.2, 0) is 9.84 Å². The predicted molar refractivity (Wildman–Crippen MR) is 90.5 cm³/mol. The van der Waals surface area contributed by atoms with Crippen molar-refractivity contribution in [3.63, 3.8) is 0 Å². The fourth-order valence-electron chi connectivity index (χ4n) is 3.93. The molecule has 21 heavy (non-hydrogen) atoms. The van der Waals surface area contributed by atoms with Crippen LogP contribution in [0.2, 0.25) is 0 Å². The van der Waals surface area contributed by atoms with Crippen molar-refractivity contribution in [2.24, 2.45) is 5.92 Å². The molecule has 4 nitrogen and oxygen atoms in total. The average Bonchev–Trinajstić information content (AvgIpc) is 2.43. The normalized spacial score (nSPS) is 28.8. The predicted octanol–water partition coefficient (Wildman–Crippen LogP) is 2.30. The van der Waals surface area contributed by atoms with Crippen LogP contribution in [0.4, 0.5) is 0 Å². The average molecular weight is 319 g/mol. The highest BCUT2D eigenvalue weighted by atomic mass is 32.2. The van der Waals surface area contributed by atoms with Gasteiger partial charge in [-0.15, -0.1) is 0 Å². The number of sulfone groups is 1. The summed E-state index contributed by atoms with van der Waals surface area (Å²) in [5, 5.41) is 3.48. The molecule has 1 aliphatic rings. The minimum absolute atomic E-state index is 0.169. The number of hydrogen-bond acceptors (Lipinski definition) is 4. The van der Waals surface area contributed by atoms with Gasteiger partial charge in [0, 0.05) is 17.3 Å². The summed E-state index contributed by atoms with van der Waals surface area (Å²) in [5.74, 6) is 1.32. The Hall–Kier alpha value is -0.130. The minimum atomic E-state index is -2.85. The van der Waals surface area contributed by atoms with Gasteiger partial charge in [-0.2, -0.15) is 0 Å². The quantitative estimate of drug-likeness (QED) is 0.746. The van der Waals surface area contributed by atoms with Crippen molar-refractivity contribution in [2.45, 2.75) is 64.0 Å². The highest BCUT2D eigenvalue weighted by Gasteiger charge is 2.42. The molecule has 1 fully saturated rings. The molecule has 0 saturated heterocycles. The first-order valence-corrected chi connectivity index (χ1v) is 10.1. The first-order valence-electron chi connectivity index (χ1n) is 8.32. The van der Waals surface area contributed by atoms with E-state index >= 15 is 0 Å². The zero-order valence-electron chi connectivity index (χ0n) is 14.5. The van der Waals surface area contributed by atoms with Gasteiger partial charge < -0.3 is 10.2 Å². The lowest BCUT2D eigenvalue weighted by molar-refractivity contribution is 0.0367. The van der Waals surface area contributed by atoms with Crippen LogP contribution < -0.4 is 5.32 Å². The first-order chi connectivity index (χ1) is 9.77. The van der Waals surface area contributed by atoms with Gasteiger partial charge >= 0.3 is 0 Å². The maximum Gasteiger partial charge on any atom is 0.150 e. The first kappa shape index (κ1) is 18.9. The van der Waals surface area contributed by atoms with Crippen LogP contribution in [0.15, 0.2) is 0 Å². The Kier molecular flexibility index (Phi) is 7.14. The Morgan fingerprint density at radius 1 is 1.38 bits per heavy atom. The second kappa shape index (κ2) is 7.93. The second-order valence-electron chi connectivity index (χ2n) is 6.92. The van der Waals surface area contributed by atoms with Crippen molar-refractivity contribution in [1.82, 2.24) is 10.2 Å². The van der Waals surface area contributed by atoms with Crippen molar-refractivity contribution in [1.29, 1.82) is 0 Å². The summed E-state index contributed by atoms with van der Waals surface area (Å²) in [6.45, 7) is 4.07. The smallest absolute Gasteiger partial charge is 0.150 e. The van der Waals surface area contributed by atoms with Crippen molar-refractivity contribution in [3.05, 3.63) is 0 Å². The Balaban J connectivity index is 2.74. The van der Waals surface area contributed by atoms with E-state index in [4.69, 9.17) is 0 Å². The Bertz CT molecular complexity index is 409. The summed E-state index contributed by atoms with van der Waals surface area (Å²) < 4.78 is 23.4. The number of hydrogen-bond donors (Lipinski definition) is 1. The summed E-state index contributed by atoms with van der Waals surface area (Å²) in [6, 6.07) is 0.363. The zero-order valence-corrected chi connectivity index (χ0v) is 15.3. The summed E-state index contributed by atoms with van der Waals surface area (Å²) in [7, 11) is 3.51. The van der Waals surface area contributed by atoms with Crippen molar-refractivity contribution < 1.29 is 8.42 Å². The SMILES string of the molecule is CCS(=O)(=O)CCCC(NC)C1(N(C)C)CCCC(C)C1. The molecule has 0 aromatic carbocycles. The van der Waals surface area contributed by atoms with E-state index in [1.807, 2.05) is 7.05 Å². The molecule has 0 heterocycles. The molecule has 1 saturated carbocycles. The molecule has 0 aliphatic heterocycles. The zero-order chi connectivity index (χ0) is 16.1. The lowest BCUT2D eigenvalue weighted by Crippen LogP contribution is -2.60. The van der Waals surface area contributed by atoms with Crippen LogP contribution in [0.1, 0.15) is 52.4 Å². The Morgan fingerprint density at radius 3 is 2.52 bits per heavy atom. The van der Waals surface area contributed by atoms with Gasteiger partial charge in [-0.05, 0) is 52.7 Å². The molecule has 126 valence electrons. The molecule has 3 unspecified atom stereocenters. The van der Waals surface area contributed by atoms with Gasteiger partial charge in [0.1, 0.15) is 9.84 Å². The molecule has 0 aromatic rings. The van der Waals surface area contributed by atoms with Gasteiger partial charge in [0.25, 0.3) is 0 Å². The van der Waals surface area contributed by atoms with Crippen molar-refractivity contribution >= 4 is 9.84 Å². The standard InChI is InChI=1S/C16H34N2O2S/c1-6-21(19,20)12-8-10-15(17-3)16(18(4)5)11-7-9-14(2)13-16/h14-15,17H,6-13H2,1-5H3. The Labute approximate surface area is 131 Å². The van der Waals surface area contributed by atoms with Gasteiger partial charge in [-0.25, -0.2) is 8.42 Å². The molecule has 0 radical (unpaired) electrons. The van der Waals surface area contributed by atoms with Gasteiger partial charge in [-0.1, -0.05) is 26.7 Å². The van der Waals surface area contributed by atoms with Crippen molar-refractivity contribution in [3.8, 4) is 0 Å². The van der Waals surface area contributed by atoms with E-state index in [2.05, 4.69) is 31.2 Å². The topological polar surface area (TPSA) is 49.4 Å². The molecular formula is C16H34N2O2S. The van der Waals surface area contributed by atoms with E-state index < -0.39 is 9.84 Å². The third-order valence-corrected chi connectivity index (χ3v) is 7.07. The third kappa shape index (κ3) is 4.93. The maximum atomic E-state index is 11.7. The van der Waals surface area contributed by atoms with E-state index in [1.54, 1.807) is 6.92 Å². The summed E-state index contributed by atoms with van der Waals surface area (Å²) in [4.78, 5) is 2.37. The third-order valence-electron chi connectivity index (χ3n) is 5.28. The number of nitrogens with zero attached hydrogens (tertiary/aromatic N) is 1. The molecule has 0 aromatic heterocycles. The van der Waals surface area contributed by atoms with Crippen molar-refractivity contribution in [2.75, 3.05) is 32.6 Å². The van der Waals surface area contributed by atoms with E-state index in [9.17, 15) is 8.42 Å². The lowest BCUT2D eigenvalue weighted by atomic mass is 9.70. The van der Waals surface area contributed by atoms with Crippen LogP contribution in [0.3, 0.4) is 0 Å². The fraction of sp³-hybridized carbons (Fsp3) is 1.00. The molecule has 5 heteroatoms. The number of rotatable bonds is 8. The number of likely N-dealkylation sites (N-methyl/N-ethyl adjacent to an activating group) is 2. The van der Waals surface area contributed by atoms with Crippen LogP contribution in [0.25, 0.3) is 0 Å². The van der Waals surface area contributed by atoms with Gasteiger partial charge in [-0.3, -0.25) is 0 Å². The van der Waals surface area contributed by atoms with E-state index in [1.165, 1.54) is 25.7 Å². The molecular weight excluding hydrogens is 284 g/mol. The van der Waals surface area contributed by atoms with Crippen LogP contribution in [0.5, 0.6) is 0 Å². The van der Waals surface area contributed by atoms with Gasteiger partial charge in [0.05, 0.1) is 5.75 Å². The van der Waals surface area contributed by atoms with Gasteiger partial charge in [0.2, 0.25) is 0 Å². The molecule has 3 atom stereocenters. The molecule has 1 N–H and O–H groups in total. The minimum Gasteiger partial charge on any atom is -0.315 e. The van der Waals surface area contributed by atoms with E-state index in [0.717, 1.165) is 18.8 Å². The summed E-state index contributed by atoms with van der Waals surface area (Å²) in [6.07, 6.45) is 6.68. The van der Waals surface area contributed by atoms with E-state index in [-0.39, 0.29) is 11.3 Å². The highest BCUT2D eigenvalue weighted by molar-refractivity contribution is 7.91. The lowest BCUT2D eigenvalue weighted by Gasteiger charge is -2.50. The monoisotopic (exact) mass is 318 g/mol. The molecule has 0 amide bonds. The second-order valence-corrected chi connectivity index (χ2v) is 9.39. The molecule has 1 aliphatic carbocycles. The number of nitrogens with one attached hydrogen (secondary N) is 1. The highest BCUT2D eigenvalue weighted by Crippen LogP contribution is 2.39. The molecule has 0 bridgehead atoms. The Morgan fingerprint density at radius 2 is 2.05 bits per heavy atom. The van der Waals surface area contributed by atoms with Crippen LogP contribution in [0, 0.1) is 5.92 Å². The summed E-state index contributed by atoms with van der Waals surface area (Å²) in [5.41, 5.74) is 0.169. The largest absolute Gasteiger partial charge is 0.315 e. The van der Waals surface area contributed by atoms with E-state index in [0.29, 0.717) is 11.8 Å². The molecule has 0 spiro atoms. The van der Waals surface area contributed by atoms with Crippen LogP contribution >= 0.6 is 0 Å². The van der Waals surface area contributed by atoms with Gasteiger partial charge in [0.15, 0.2) is 0 Å². The maximum absolute atomic E-state index is 11.7. The van der Waals surface area contributed by atoms with Crippen LogP contribution in [-0.4, -0.2) is 57.5 Å². The summed E-state index contributed by atoms with van der Waals surface area (Å²) >= 11 is 0.